The fraction of sp³-hybridized carbons (Fsp3) is 0.364. The second-order valence-corrected chi connectivity index (χ2v) is 3.59. The molecule has 0 saturated carbocycles. The molecule has 1 aromatic carbocycles. The maximum Gasteiger partial charge on any atom is 0.312 e. The number of nitrogens with one attached hydrogen (secondary N) is 1. The molecule has 0 aliphatic carbocycles. The molecule has 2 rings (SSSR count). The van der Waals surface area contributed by atoms with Crippen molar-refractivity contribution in [2.45, 2.75) is 18.9 Å². The summed E-state index contributed by atoms with van der Waals surface area (Å²) in [5, 5.41) is 2.74. The number of amides is 2. The Morgan fingerprint density at radius 3 is 3.07 bits per heavy atom. The Bertz CT molecular complexity index is 365. The topological polar surface area (TPSA) is 64.4 Å². The van der Waals surface area contributed by atoms with E-state index in [9.17, 15) is 4.79 Å². The molecular formula is C11H14N2O2. The van der Waals surface area contributed by atoms with Gasteiger partial charge in [-0.2, -0.15) is 0 Å². The van der Waals surface area contributed by atoms with Crippen molar-refractivity contribution in [2.75, 3.05) is 6.61 Å². The van der Waals surface area contributed by atoms with Gasteiger partial charge in [-0.3, -0.25) is 0 Å². The van der Waals surface area contributed by atoms with Crippen LogP contribution in [0.1, 0.15) is 24.4 Å². The van der Waals surface area contributed by atoms with Crippen LogP contribution in [0.15, 0.2) is 24.3 Å². The molecule has 1 heterocycles. The molecule has 1 aliphatic rings. The van der Waals surface area contributed by atoms with Gasteiger partial charge in [0.25, 0.3) is 0 Å². The number of benzene rings is 1. The van der Waals surface area contributed by atoms with Crippen molar-refractivity contribution in [1.29, 1.82) is 0 Å². The molecule has 0 bridgehead atoms. The van der Waals surface area contributed by atoms with Crippen LogP contribution in [-0.2, 0) is 0 Å². The zero-order chi connectivity index (χ0) is 10.7. The lowest BCUT2D eigenvalue weighted by molar-refractivity contribution is 0.244. The maximum absolute atomic E-state index is 10.9. The highest BCUT2D eigenvalue weighted by Gasteiger charge is 2.19. The zero-order valence-electron chi connectivity index (χ0n) is 8.40. The Labute approximate surface area is 88.4 Å². The molecular weight excluding hydrogens is 192 g/mol. The van der Waals surface area contributed by atoms with Gasteiger partial charge < -0.3 is 15.8 Å². The summed E-state index contributed by atoms with van der Waals surface area (Å²) in [5.41, 5.74) is 6.15. The van der Waals surface area contributed by atoms with Gasteiger partial charge in [0.1, 0.15) is 5.75 Å². The van der Waals surface area contributed by atoms with E-state index in [0.717, 1.165) is 24.2 Å². The molecule has 1 aromatic rings. The summed E-state index contributed by atoms with van der Waals surface area (Å²) in [5.74, 6) is 0.841. The number of primary amides is 1. The quantitative estimate of drug-likeness (QED) is 0.732. The first-order valence-corrected chi connectivity index (χ1v) is 5.05. The summed E-state index contributed by atoms with van der Waals surface area (Å²) in [6.45, 7) is 0.688. The molecule has 1 atom stereocenters. The largest absolute Gasteiger partial charge is 0.493 e. The first-order valence-electron chi connectivity index (χ1n) is 5.05. The summed E-state index contributed by atoms with van der Waals surface area (Å²) in [6, 6.07) is 7.21. The van der Waals surface area contributed by atoms with Crippen LogP contribution >= 0.6 is 0 Å². The first kappa shape index (κ1) is 9.83. The number of carbonyl (C=O) groups excluding carboxylic acids is 1. The van der Waals surface area contributed by atoms with Gasteiger partial charge in [0.05, 0.1) is 12.6 Å². The standard InChI is InChI=1S/C11H14N2O2/c12-11(14)13-9-5-3-7-15-10-6-2-1-4-8(9)10/h1-2,4,6,9H,3,5,7H2,(H3,12,13,14). The Morgan fingerprint density at radius 2 is 2.27 bits per heavy atom. The fourth-order valence-corrected chi connectivity index (χ4v) is 1.85. The Hall–Kier alpha value is -1.71. The monoisotopic (exact) mass is 206 g/mol. The molecule has 2 amide bonds. The molecule has 0 fully saturated rings. The maximum atomic E-state index is 10.9. The van der Waals surface area contributed by atoms with Crippen molar-refractivity contribution in [2.24, 2.45) is 5.73 Å². The molecule has 0 saturated heterocycles. The van der Waals surface area contributed by atoms with Crippen molar-refractivity contribution in [3.8, 4) is 5.75 Å². The minimum absolute atomic E-state index is 0.0267. The molecule has 0 aromatic heterocycles. The van der Waals surface area contributed by atoms with Gasteiger partial charge >= 0.3 is 6.03 Å². The average Bonchev–Trinajstić information content (AvgIpc) is 2.41. The Kier molecular flexibility index (Phi) is 2.76. The average molecular weight is 206 g/mol. The minimum Gasteiger partial charge on any atom is -0.493 e. The number of fused-ring (bicyclic) bond motifs is 1. The van der Waals surface area contributed by atoms with Crippen molar-refractivity contribution in [3.63, 3.8) is 0 Å². The van der Waals surface area contributed by atoms with Gasteiger partial charge in [0.15, 0.2) is 0 Å². The van der Waals surface area contributed by atoms with E-state index >= 15 is 0 Å². The van der Waals surface area contributed by atoms with Crippen LogP contribution in [0, 0.1) is 0 Å². The van der Waals surface area contributed by atoms with E-state index in [1.807, 2.05) is 24.3 Å². The van der Waals surface area contributed by atoms with Crippen LogP contribution < -0.4 is 15.8 Å². The van der Waals surface area contributed by atoms with Crippen molar-refractivity contribution >= 4 is 6.03 Å². The van der Waals surface area contributed by atoms with Crippen molar-refractivity contribution in [1.82, 2.24) is 5.32 Å². The van der Waals surface area contributed by atoms with E-state index in [0.29, 0.717) is 6.61 Å². The van der Waals surface area contributed by atoms with E-state index < -0.39 is 6.03 Å². The van der Waals surface area contributed by atoms with Crippen LogP contribution in [0.4, 0.5) is 4.79 Å². The SMILES string of the molecule is NC(=O)NC1CCCOc2ccccc21. The van der Waals surface area contributed by atoms with E-state index in [2.05, 4.69) is 5.32 Å². The Morgan fingerprint density at radius 1 is 1.47 bits per heavy atom. The van der Waals surface area contributed by atoms with E-state index in [4.69, 9.17) is 10.5 Å². The lowest BCUT2D eigenvalue weighted by Gasteiger charge is -2.16. The molecule has 3 N–H and O–H groups in total. The van der Waals surface area contributed by atoms with Crippen LogP contribution in [0.3, 0.4) is 0 Å². The molecule has 80 valence electrons. The second kappa shape index (κ2) is 4.21. The van der Waals surface area contributed by atoms with E-state index in [-0.39, 0.29) is 6.04 Å². The minimum atomic E-state index is -0.489. The van der Waals surface area contributed by atoms with Gasteiger partial charge in [-0.25, -0.2) is 4.79 Å². The van der Waals surface area contributed by atoms with Gasteiger partial charge in [0, 0.05) is 5.56 Å². The highest BCUT2D eigenvalue weighted by atomic mass is 16.5. The highest BCUT2D eigenvalue weighted by Crippen LogP contribution is 2.30. The molecule has 15 heavy (non-hydrogen) atoms. The van der Waals surface area contributed by atoms with Gasteiger partial charge in [-0.15, -0.1) is 0 Å². The smallest absolute Gasteiger partial charge is 0.312 e. The molecule has 4 nitrogen and oxygen atoms in total. The number of urea groups is 1. The van der Waals surface area contributed by atoms with Gasteiger partial charge in [0.2, 0.25) is 0 Å². The number of nitrogens with two attached hydrogens (primary N) is 1. The Balaban J connectivity index is 2.28. The van der Waals surface area contributed by atoms with Crippen LogP contribution in [0.25, 0.3) is 0 Å². The number of rotatable bonds is 1. The molecule has 4 heteroatoms. The number of ether oxygens (including phenoxy) is 1. The van der Waals surface area contributed by atoms with E-state index in [1.165, 1.54) is 0 Å². The van der Waals surface area contributed by atoms with E-state index in [1.54, 1.807) is 0 Å². The predicted octanol–water partition coefficient (Wildman–Crippen LogP) is 1.57. The number of carbonyl (C=O) groups is 1. The molecule has 0 radical (unpaired) electrons. The van der Waals surface area contributed by atoms with Gasteiger partial charge in [-0.1, -0.05) is 18.2 Å². The van der Waals surface area contributed by atoms with Crippen LogP contribution in [-0.4, -0.2) is 12.6 Å². The molecule has 1 unspecified atom stereocenters. The summed E-state index contributed by atoms with van der Waals surface area (Å²) in [6.07, 6.45) is 1.78. The van der Waals surface area contributed by atoms with Crippen LogP contribution in [0.5, 0.6) is 5.75 Å². The lowest BCUT2D eigenvalue weighted by atomic mass is 10.0. The third kappa shape index (κ3) is 2.21. The number of hydrogen-bond acceptors (Lipinski definition) is 2. The summed E-state index contributed by atoms with van der Waals surface area (Å²) < 4.78 is 5.57. The fourth-order valence-electron chi connectivity index (χ4n) is 1.85. The number of hydrogen-bond donors (Lipinski definition) is 2. The third-order valence-corrected chi connectivity index (χ3v) is 2.51. The van der Waals surface area contributed by atoms with Gasteiger partial charge in [-0.05, 0) is 18.9 Å². The summed E-state index contributed by atoms with van der Waals surface area (Å²) in [4.78, 5) is 10.9. The van der Waals surface area contributed by atoms with Crippen molar-refractivity contribution in [3.05, 3.63) is 29.8 Å². The summed E-state index contributed by atoms with van der Waals surface area (Å²) >= 11 is 0. The number of para-hydroxylation sites is 1. The van der Waals surface area contributed by atoms with Crippen LogP contribution in [0.2, 0.25) is 0 Å². The molecule has 0 spiro atoms. The predicted molar refractivity (Wildman–Crippen MR) is 56.6 cm³/mol. The molecule has 1 aliphatic heterocycles. The zero-order valence-corrected chi connectivity index (χ0v) is 8.40. The third-order valence-electron chi connectivity index (χ3n) is 2.51. The summed E-state index contributed by atoms with van der Waals surface area (Å²) in [7, 11) is 0. The second-order valence-electron chi connectivity index (χ2n) is 3.59. The first-order chi connectivity index (χ1) is 7.27. The normalized spacial score (nSPS) is 19.6. The highest BCUT2D eigenvalue weighted by molar-refractivity contribution is 5.72. The lowest BCUT2D eigenvalue weighted by Crippen LogP contribution is -2.33. The van der Waals surface area contributed by atoms with Crippen molar-refractivity contribution < 1.29 is 9.53 Å².